The van der Waals surface area contributed by atoms with Gasteiger partial charge in [0.25, 0.3) is 10.1 Å². The quantitative estimate of drug-likeness (QED) is 0.713. The summed E-state index contributed by atoms with van der Waals surface area (Å²) < 4.78 is 26.5. The van der Waals surface area contributed by atoms with Crippen LogP contribution in [0.4, 0.5) is 0 Å². The minimum Gasteiger partial charge on any atom is -0.479 e. The van der Waals surface area contributed by atoms with Gasteiger partial charge in [0, 0.05) is 0 Å². The van der Waals surface area contributed by atoms with Crippen LogP contribution in [0.3, 0.4) is 0 Å². The van der Waals surface area contributed by atoms with Gasteiger partial charge >= 0.3 is 5.97 Å². The van der Waals surface area contributed by atoms with Crippen LogP contribution in [-0.2, 0) is 19.1 Å². The predicted molar refractivity (Wildman–Crippen MR) is 49.4 cm³/mol. The van der Waals surface area contributed by atoms with Gasteiger partial charge in [-0.3, -0.25) is 4.18 Å². The maximum atomic E-state index is 11.0. The van der Waals surface area contributed by atoms with E-state index in [1.807, 2.05) is 0 Å². The standard InChI is InChI=1S/C8H14O5S/c1-14(11,12)13-8(7(9)10)5-3-2-4-6-8/h2-6H2,1H3,(H,9,10). The van der Waals surface area contributed by atoms with Crippen molar-refractivity contribution in [1.82, 2.24) is 0 Å². The smallest absolute Gasteiger partial charge is 0.337 e. The topological polar surface area (TPSA) is 80.7 Å². The third kappa shape index (κ3) is 2.68. The summed E-state index contributed by atoms with van der Waals surface area (Å²) in [4.78, 5) is 11.0. The van der Waals surface area contributed by atoms with Gasteiger partial charge in [-0.2, -0.15) is 8.42 Å². The van der Waals surface area contributed by atoms with Gasteiger partial charge in [0.2, 0.25) is 0 Å². The van der Waals surface area contributed by atoms with Crippen LogP contribution in [0.5, 0.6) is 0 Å². The van der Waals surface area contributed by atoms with E-state index < -0.39 is 21.7 Å². The molecule has 14 heavy (non-hydrogen) atoms. The van der Waals surface area contributed by atoms with E-state index in [2.05, 4.69) is 0 Å². The van der Waals surface area contributed by atoms with Crippen molar-refractivity contribution in [1.29, 1.82) is 0 Å². The predicted octanol–water partition coefficient (Wildman–Crippen LogP) is 0.750. The summed E-state index contributed by atoms with van der Waals surface area (Å²) in [5.41, 5.74) is -1.51. The van der Waals surface area contributed by atoms with Crippen molar-refractivity contribution in [2.24, 2.45) is 0 Å². The summed E-state index contributed by atoms with van der Waals surface area (Å²) in [6, 6.07) is 0. The number of carboxylic acids is 1. The fraction of sp³-hybridized carbons (Fsp3) is 0.875. The molecule has 0 aliphatic heterocycles. The Kier molecular flexibility index (Phi) is 3.16. The number of carbonyl (C=O) groups is 1. The molecule has 0 heterocycles. The maximum absolute atomic E-state index is 11.0. The molecule has 0 unspecified atom stereocenters. The fourth-order valence-corrected chi connectivity index (χ4v) is 2.56. The largest absolute Gasteiger partial charge is 0.479 e. The van der Waals surface area contributed by atoms with Gasteiger partial charge in [-0.15, -0.1) is 0 Å². The zero-order chi connectivity index (χ0) is 10.8. The van der Waals surface area contributed by atoms with Crippen molar-refractivity contribution in [3.05, 3.63) is 0 Å². The van der Waals surface area contributed by atoms with Crippen molar-refractivity contribution >= 4 is 16.1 Å². The van der Waals surface area contributed by atoms with Gasteiger partial charge in [-0.25, -0.2) is 4.79 Å². The molecular weight excluding hydrogens is 208 g/mol. The van der Waals surface area contributed by atoms with Crippen molar-refractivity contribution in [2.75, 3.05) is 6.26 Å². The molecule has 82 valence electrons. The van der Waals surface area contributed by atoms with Crippen LogP contribution in [0.15, 0.2) is 0 Å². The molecule has 0 amide bonds. The Balaban J connectivity index is 2.87. The van der Waals surface area contributed by atoms with E-state index >= 15 is 0 Å². The van der Waals surface area contributed by atoms with E-state index in [0.29, 0.717) is 12.8 Å². The first-order valence-corrected chi connectivity index (χ1v) is 6.31. The molecule has 1 saturated carbocycles. The Morgan fingerprint density at radius 3 is 2.14 bits per heavy atom. The molecule has 1 fully saturated rings. The highest BCUT2D eigenvalue weighted by atomic mass is 32.2. The minimum atomic E-state index is -3.71. The van der Waals surface area contributed by atoms with Crippen LogP contribution in [0, 0.1) is 0 Å². The SMILES string of the molecule is CS(=O)(=O)OC1(C(=O)O)CCCCC1. The van der Waals surface area contributed by atoms with Gasteiger partial charge in [0.05, 0.1) is 6.26 Å². The van der Waals surface area contributed by atoms with E-state index in [1.165, 1.54) is 0 Å². The molecule has 0 aromatic carbocycles. The number of rotatable bonds is 3. The van der Waals surface area contributed by atoms with E-state index in [9.17, 15) is 13.2 Å². The molecular formula is C8H14O5S. The highest BCUT2D eigenvalue weighted by Gasteiger charge is 2.43. The summed E-state index contributed by atoms with van der Waals surface area (Å²) in [7, 11) is -3.71. The van der Waals surface area contributed by atoms with E-state index in [4.69, 9.17) is 9.29 Å². The van der Waals surface area contributed by atoms with Crippen molar-refractivity contribution in [2.45, 2.75) is 37.7 Å². The summed E-state index contributed by atoms with van der Waals surface area (Å²) in [6.07, 6.45) is 3.75. The van der Waals surface area contributed by atoms with E-state index in [-0.39, 0.29) is 12.8 Å². The normalized spacial score (nSPS) is 21.8. The Hall–Kier alpha value is -0.620. The molecule has 0 aromatic heterocycles. The van der Waals surface area contributed by atoms with Crippen molar-refractivity contribution < 1.29 is 22.5 Å². The second-order valence-corrected chi connectivity index (χ2v) is 5.22. The third-order valence-electron chi connectivity index (χ3n) is 2.36. The first-order valence-electron chi connectivity index (χ1n) is 4.50. The number of carboxylic acid groups (broad SMARTS) is 1. The minimum absolute atomic E-state index is 0.273. The molecule has 1 N–H and O–H groups in total. The zero-order valence-electron chi connectivity index (χ0n) is 8.02. The van der Waals surface area contributed by atoms with Crippen LogP contribution in [0.1, 0.15) is 32.1 Å². The average molecular weight is 222 g/mol. The Bertz CT molecular complexity index is 313. The molecule has 6 heteroatoms. The first-order chi connectivity index (χ1) is 6.36. The van der Waals surface area contributed by atoms with Gasteiger partial charge < -0.3 is 5.11 Å². The monoisotopic (exact) mass is 222 g/mol. The lowest BCUT2D eigenvalue weighted by Gasteiger charge is -2.31. The molecule has 5 nitrogen and oxygen atoms in total. The second-order valence-electron chi connectivity index (χ2n) is 3.65. The lowest BCUT2D eigenvalue weighted by Crippen LogP contribution is -2.44. The number of hydrogen-bond acceptors (Lipinski definition) is 4. The van der Waals surface area contributed by atoms with Gasteiger partial charge in [-0.05, 0) is 25.7 Å². The van der Waals surface area contributed by atoms with Crippen molar-refractivity contribution in [3.63, 3.8) is 0 Å². The summed E-state index contributed by atoms with van der Waals surface area (Å²) in [5.74, 6) is -1.18. The molecule has 1 aliphatic rings. The van der Waals surface area contributed by atoms with Gasteiger partial charge in [0.1, 0.15) is 0 Å². The van der Waals surface area contributed by atoms with Crippen LogP contribution in [0.25, 0.3) is 0 Å². The summed E-state index contributed by atoms with van der Waals surface area (Å²) in [5, 5.41) is 8.96. The van der Waals surface area contributed by atoms with E-state index in [1.54, 1.807) is 0 Å². The lowest BCUT2D eigenvalue weighted by molar-refractivity contribution is -0.157. The zero-order valence-corrected chi connectivity index (χ0v) is 8.84. The highest BCUT2D eigenvalue weighted by molar-refractivity contribution is 7.86. The molecule has 0 aromatic rings. The van der Waals surface area contributed by atoms with Crippen LogP contribution in [0.2, 0.25) is 0 Å². The number of aliphatic carboxylic acids is 1. The third-order valence-corrected chi connectivity index (χ3v) is 2.98. The van der Waals surface area contributed by atoms with Crippen LogP contribution < -0.4 is 0 Å². The number of hydrogen-bond donors (Lipinski definition) is 1. The van der Waals surface area contributed by atoms with Gasteiger partial charge in [0.15, 0.2) is 5.60 Å². The Morgan fingerprint density at radius 1 is 1.29 bits per heavy atom. The average Bonchev–Trinajstić information content (AvgIpc) is 2.02. The van der Waals surface area contributed by atoms with Crippen LogP contribution in [-0.4, -0.2) is 31.4 Å². The summed E-state index contributed by atoms with van der Waals surface area (Å²) >= 11 is 0. The highest BCUT2D eigenvalue weighted by Crippen LogP contribution is 2.33. The van der Waals surface area contributed by atoms with Crippen LogP contribution >= 0.6 is 0 Å². The molecule has 1 rings (SSSR count). The lowest BCUT2D eigenvalue weighted by atomic mass is 9.85. The molecule has 0 atom stereocenters. The molecule has 0 spiro atoms. The maximum Gasteiger partial charge on any atom is 0.337 e. The van der Waals surface area contributed by atoms with Crippen molar-refractivity contribution in [3.8, 4) is 0 Å². The summed E-state index contributed by atoms with van der Waals surface area (Å²) in [6.45, 7) is 0. The Labute approximate surface area is 83.2 Å². The van der Waals surface area contributed by atoms with Gasteiger partial charge in [-0.1, -0.05) is 6.42 Å². The fourth-order valence-electron chi connectivity index (χ4n) is 1.75. The second kappa shape index (κ2) is 3.86. The molecule has 0 radical (unpaired) electrons. The van der Waals surface area contributed by atoms with E-state index in [0.717, 1.165) is 12.7 Å². The Morgan fingerprint density at radius 2 is 1.79 bits per heavy atom. The molecule has 0 bridgehead atoms. The first kappa shape index (κ1) is 11.5. The molecule has 0 saturated heterocycles. The molecule has 1 aliphatic carbocycles.